The quantitative estimate of drug-likeness (QED) is 0.743. The first-order valence-electron chi connectivity index (χ1n) is 5.56. The van der Waals surface area contributed by atoms with Gasteiger partial charge >= 0.3 is 0 Å². The number of nitrogens with zero attached hydrogens (tertiary/aromatic N) is 3. The molecule has 1 aliphatic heterocycles. The molecule has 1 saturated heterocycles. The van der Waals surface area contributed by atoms with E-state index in [2.05, 4.69) is 21.8 Å². The fourth-order valence-electron chi connectivity index (χ4n) is 1.80. The van der Waals surface area contributed by atoms with Gasteiger partial charge in [-0.1, -0.05) is 18.5 Å². The maximum Gasteiger partial charge on any atom is 0.227 e. The van der Waals surface area contributed by atoms with Crippen molar-refractivity contribution in [2.45, 2.75) is 26.4 Å². The minimum Gasteiger partial charge on any atom is -0.375 e. The lowest BCUT2D eigenvalue weighted by Gasteiger charge is -2.32. The van der Waals surface area contributed by atoms with Gasteiger partial charge in [-0.15, -0.1) is 0 Å². The van der Waals surface area contributed by atoms with Crippen molar-refractivity contribution in [3.63, 3.8) is 0 Å². The van der Waals surface area contributed by atoms with E-state index in [1.165, 1.54) is 0 Å². The zero-order valence-electron chi connectivity index (χ0n) is 9.61. The van der Waals surface area contributed by atoms with E-state index in [1.807, 2.05) is 6.92 Å². The van der Waals surface area contributed by atoms with Crippen LogP contribution in [-0.4, -0.2) is 35.8 Å². The van der Waals surface area contributed by atoms with Crippen LogP contribution < -0.4 is 4.90 Å². The highest BCUT2D eigenvalue weighted by Crippen LogP contribution is 2.17. The first-order chi connectivity index (χ1) is 7.69. The normalized spacial score (nSPS) is 21.2. The Morgan fingerprint density at radius 1 is 1.56 bits per heavy atom. The Hall–Kier alpha value is -0.870. The Balaban J connectivity index is 2.16. The molecule has 16 heavy (non-hydrogen) atoms. The molecular weight excluding hydrogens is 226 g/mol. The second-order valence-electron chi connectivity index (χ2n) is 3.98. The zero-order chi connectivity index (χ0) is 11.5. The van der Waals surface area contributed by atoms with Crippen LogP contribution in [0.1, 0.15) is 19.0 Å². The average molecular weight is 242 g/mol. The van der Waals surface area contributed by atoms with Crippen molar-refractivity contribution in [2.24, 2.45) is 0 Å². The van der Waals surface area contributed by atoms with Gasteiger partial charge in [0.25, 0.3) is 0 Å². The van der Waals surface area contributed by atoms with E-state index in [-0.39, 0.29) is 6.10 Å². The highest BCUT2D eigenvalue weighted by molar-refractivity contribution is 6.29. The fourth-order valence-corrected chi connectivity index (χ4v) is 2.04. The molecule has 1 atom stereocenters. The lowest BCUT2D eigenvalue weighted by molar-refractivity contribution is 0.0378. The fraction of sp³-hybridized carbons (Fsp3) is 0.636. The summed E-state index contributed by atoms with van der Waals surface area (Å²) in [5, 5.41) is 0.502. The topological polar surface area (TPSA) is 38.2 Å². The molecule has 1 fully saturated rings. The van der Waals surface area contributed by atoms with Crippen LogP contribution in [0.25, 0.3) is 0 Å². The van der Waals surface area contributed by atoms with Gasteiger partial charge in [-0.2, -0.15) is 0 Å². The van der Waals surface area contributed by atoms with Crippen LogP contribution in [0.4, 0.5) is 5.95 Å². The van der Waals surface area contributed by atoms with Crippen LogP contribution >= 0.6 is 11.6 Å². The number of morpholine rings is 1. The summed E-state index contributed by atoms with van der Waals surface area (Å²) in [4.78, 5) is 10.8. The van der Waals surface area contributed by atoms with Gasteiger partial charge in [0.1, 0.15) is 5.15 Å². The maximum absolute atomic E-state index is 5.93. The van der Waals surface area contributed by atoms with E-state index in [4.69, 9.17) is 16.3 Å². The third-order valence-corrected chi connectivity index (χ3v) is 2.88. The van der Waals surface area contributed by atoms with Gasteiger partial charge in [-0.3, -0.25) is 0 Å². The largest absolute Gasteiger partial charge is 0.375 e. The molecule has 0 aliphatic carbocycles. The summed E-state index contributed by atoms with van der Waals surface area (Å²) in [5.74, 6) is 0.715. The van der Waals surface area contributed by atoms with E-state index >= 15 is 0 Å². The number of rotatable bonds is 2. The van der Waals surface area contributed by atoms with Gasteiger partial charge < -0.3 is 9.64 Å². The SMILES string of the molecule is CCC1CN(c2nc(C)cc(Cl)n2)CCO1. The number of aryl methyl sites for hydroxylation is 1. The average Bonchev–Trinajstić information content (AvgIpc) is 2.28. The summed E-state index contributed by atoms with van der Waals surface area (Å²) in [6.45, 7) is 6.45. The van der Waals surface area contributed by atoms with Crippen molar-refractivity contribution >= 4 is 17.5 Å². The monoisotopic (exact) mass is 241 g/mol. The Kier molecular flexibility index (Phi) is 3.61. The molecule has 0 radical (unpaired) electrons. The molecule has 2 rings (SSSR count). The summed E-state index contributed by atoms with van der Waals surface area (Å²) < 4.78 is 5.61. The molecule has 0 saturated carbocycles. The molecule has 0 N–H and O–H groups in total. The second-order valence-corrected chi connectivity index (χ2v) is 4.37. The Labute approximate surface area is 101 Å². The summed E-state index contributed by atoms with van der Waals surface area (Å²) in [5.41, 5.74) is 0.898. The smallest absolute Gasteiger partial charge is 0.227 e. The number of hydrogen-bond acceptors (Lipinski definition) is 4. The van der Waals surface area contributed by atoms with Crippen molar-refractivity contribution in [3.05, 3.63) is 16.9 Å². The highest BCUT2D eigenvalue weighted by Gasteiger charge is 2.21. The third kappa shape index (κ3) is 2.62. The van der Waals surface area contributed by atoms with Crippen LogP contribution in [0.5, 0.6) is 0 Å². The van der Waals surface area contributed by atoms with Crippen molar-refractivity contribution in [2.75, 3.05) is 24.6 Å². The van der Waals surface area contributed by atoms with Crippen LogP contribution in [0.3, 0.4) is 0 Å². The zero-order valence-corrected chi connectivity index (χ0v) is 10.4. The summed E-state index contributed by atoms with van der Waals surface area (Å²) in [6.07, 6.45) is 1.28. The van der Waals surface area contributed by atoms with E-state index in [1.54, 1.807) is 6.07 Å². The van der Waals surface area contributed by atoms with Gasteiger partial charge in [0, 0.05) is 18.8 Å². The van der Waals surface area contributed by atoms with Gasteiger partial charge in [-0.05, 0) is 19.4 Å². The predicted octanol–water partition coefficient (Wildman–Crippen LogP) is 2.05. The number of anilines is 1. The van der Waals surface area contributed by atoms with Gasteiger partial charge in [0.2, 0.25) is 5.95 Å². The minimum absolute atomic E-state index is 0.275. The molecule has 0 spiro atoms. The van der Waals surface area contributed by atoms with Crippen LogP contribution in [-0.2, 0) is 4.74 Å². The van der Waals surface area contributed by atoms with Gasteiger partial charge in [0.15, 0.2) is 0 Å². The number of aromatic nitrogens is 2. The third-order valence-electron chi connectivity index (χ3n) is 2.69. The van der Waals surface area contributed by atoms with E-state index in [9.17, 15) is 0 Å². The van der Waals surface area contributed by atoms with Crippen molar-refractivity contribution in [1.82, 2.24) is 9.97 Å². The molecule has 0 bridgehead atoms. The van der Waals surface area contributed by atoms with Crippen LogP contribution in [0, 0.1) is 6.92 Å². The number of ether oxygens (including phenoxy) is 1. The minimum atomic E-state index is 0.275. The summed E-state index contributed by atoms with van der Waals surface area (Å²) in [6, 6.07) is 1.77. The Bertz CT molecular complexity index is 352. The standard InChI is InChI=1S/C11H16ClN3O/c1-3-9-7-15(4-5-16-9)11-13-8(2)6-10(12)14-11/h6,9H,3-5,7H2,1-2H3. The lowest BCUT2D eigenvalue weighted by atomic mass is 10.2. The second kappa shape index (κ2) is 4.97. The maximum atomic E-state index is 5.93. The molecule has 0 aromatic carbocycles. The van der Waals surface area contributed by atoms with Gasteiger partial charge in [-0.25, -0.2) is 9.97 Å². The molecule has 1 unspecified atom stereocenters. The van der Waals surface area contributed by atoms with E-state index in [0.717, 1.165) is 31.8 Å². The molecule has 1 aromatic rings. The number of halogens is 1. The van der Waals surface area contributed by atoms with Crippen LogP contribution in [0.15, 0.2) is 6.07 Å². The Morgan fingerprint density at radius 2 is 2.38 bits per heavy atom. The van der Waals surface area contributed by atoms with E-state index in [0.29, 0.717) is 11.1 Å². The predicted molar refractivity (Wildman–Crippen MR) is 64.0 cm³/mol. The number of hydrogen-bond donors (Lipinski definition) is 0. The molecule has 5 heteroatoms. The van der Waals surface area contributed by atoms with Gasteiger partial charge in [0.05, 0.1) is 12.7 Å². The molecular formula is C11H16ClN3O. The van der Waals surface area contributed by atoms with Crippen molar-refractivity contribution in [1.29, 1.82) is 0 Å². The molecule has 1 aliphatic rings. The highest BCUT2D eigenvalue weighted by atomic mass is 35.5. The van der Waals surface area contributed by atoms with Crippen molar-refractivity contribution in [3.8, 4) is 0 Å². The van der Waals surface area contributed by atoms with Crippen LogP contribution in [0.2, 0.25) is 5.15 Å². The molecule has 4 nitrogen and oxygen atoms in total. The summed E-state index contributed by atoms with van der Waals surface area (Å²) >= 11 is 5.93. The Morgan fingerprint density at radius 3 is 3.06 bits per heavy atom. The lowest BCUT2D eigenvalue weighted by Crippen LogP contribution is -2.43. The molecule has 1 aromatic heterocycles. The van der Waals surface area contributed by atoms with Crippen molar-refractivity contribution < 1.29 is 4.74 Å². The molecule has 88 valence electrons. The summed E-state index contributed by atoms with van der Waals surface area (Å²) in [7, 11) is 0. The van der Waals surface area contributed by atoms with E-state index < -0.39 is 0 Å². The molecule has 2 heterocycles. The first kappa shape index (κ1) is 11.6. The molecule has 0 amide bonds. The first-order valence-corrected chi connectivity index (χ1v) is 5.94.